The van der Waals surface area contributed by atoms with Crippen LogP contribution in [0.2, 0.25) is 0 Å². The Balaban J connectivity index is -0.0000000646. The van der Waals surface area contributed by atoms with Crippen molar-refractivity contribution in [2.45, 2.75) is 0 Å². The van der Waals surface area contributed by atoms with Gasteiger partial charge in [-0.15, -0.1) is 0 Å². The topological polar surface area (TPSA) is 121 Å². The van der Waals surface area contributed by atoms with E-state index in [1.807, 2.05) is 0 Å². The number of carbonyl (C=O) groups excluding carboxylic acids is 1. The molecule has 0 heterocycles. The van der Waals surface area contributed by atoms with Crippen molar-refractivity contribution in [3.05, 3.63) is 12.1 Å². The number of rotatable bonds is 0. The molecule has 0 atom stereocenters. The highest BCUT2D eigenvalue weighted by atomic mass is 35.5. The van der Waals surface area contributed by atoms with E-state index >= 15 is 0 Å². The van der Waals surface area contributed by atoms with Gasteiger partial charge >= 0.3 is 6.03 Å². The molecule has 0 bridgehead atoms. The summed E-state index contributed by atoms with van der Waals surface area (Å²) in [5.41, 5.74) is 9.72. The van der Waals surface area contributed by atoms with Crippen LogP contribution in [0, 0.1) is 0 Å². The number of primary amides is 2. The average Bonchev–Trinajstić information content (AvgIpc) is 1.71. The molecule has 0 radical (unpaired) electrons. The van der Waals surface area contributed by atoms with Gasteiger partial charge in [0.2, 0.25) is 0 Å². The summed E-state index contributed by atoms with van der Waals surface area (Å²) in [6.07, 6.45) is 0. The van der Waals surface area contributed by atoms with Gasteiger partial charge in [-0.05, 0) is 5.54 Å². The molecule has 0 aliphatic heterocycles. The maximum Gasteiger partial charge on any atom is 0.309 e. The maximum absolute atomic E-state index is 9.00. The van der Waals surface area contributed by atoms with Gasteiger partial charge in [0.25, 0.3) is 0 Å². The van der Waals surface area contributed by atoms with Crippen LogP contribution in [0.5, 0.6) is 0 Å². The number of hydrogen-bond acceptors (Lipinski definition) is 3. The first-order valence-corrected chi connectivity index (χ1v) is 2.18. The van der Waals surface area contributed by atoms with E-state index in [1.165, 1.54) is 5.54 Å². The maximum atomic E-state index is 9.00. The van der Waals surface area contributed by atoms with Crippen molar-refractivity contribution in [3.63, 3.8) is 0 Å². The molecular weight excluding hydrogens is 144 g/mol. The van der Waals surface area contributed by atoms with Crippen molar-refractivity contribution >= 4 is 17.6 Å². The Kier molecular flexibility index (Phi) is 47.1. The summed E-state index contributed by atoms with van der Waals surface area (Å²) in [5, 5.41) is 0. The Morgan fingerprint density at radius 1 is 1.44 bits per heavy atom. The Bertz CT molecular complexity index is 62.8. The zero-order valence-electron chi connectivity index (χ0n) is 4.88. The van der Waals surface area contributed by atoms with Gasteiger partial charge in [-0.2, -0.15) is 0 Å². The van der Waals surface area contributed by atoms with Gasteiger partial charge in [0.05, 0.1) is 0 Å². The lowest BCUT2D eigenvalue weighted by atomic mass is 11.2. The van der Waals surface area contributed by atoms with E-state index in [2.05, 4.69) is 29.7 Å². The van der Waals surface area contributed by atoms with Gasteiger partial charge in [0, 0.05) is 0 Å². The number of hydrogen-bond donors (Lipinski definition) is 4. The third-order valence-electron chi connectivity index (χ3n) is 0. The fraction of sp³-hybridized carbons (Fsp3) is 0. The molecular formula is C3H11ClN4O. The largest absolute Gasteiger partial charge is 0.352 e. The number of urea groups is 1. The molecule has 6 heteroatoms. The van der Waals surface area contributed by atoms with E-state index in [0.29, 0.717) is 0 Å². The van der Waals surface area contributed by atoms with E-state index in [4.69, 9.17) is 16.4 Å². The van der Waals surface area contributed by atoms with Crippen LogP contribution in [-0.2, 0) is 0 Å². The molecule has 0 rings (SSSR count). The molecule has 8 N–H and O–H groups in total. The summed E-state index contributed by atoms with van der Waals surface area (Å²) in [6, 6.07) is -0.833. The number of hydrazine groups is 1. The molecule has 5 nitrogen and oxygen atoms in total. The van der Waals surface area contributed by atoms with Gasteiger partial charge < -0.3 is 11.5 Å². The zero-order valence-corrected chi connectivity index (χ0v) is 5.64. The lowest BCUT2D eigenvalue weighted by Gasteiger charge is -1.62. The minimum Gasteiger partial charge on any atom is -0.352 e. The lowest BCUT2D eigenvalue weighted by Crippen LogP contribution is -2.18. The molecule has 0 aromatic rings. The van der Waals surface area contributed by atoms with Crippen molar-refractivity contribution in [1.29, 1.82) is 0 Å². The van der Waals surface area contributed by atoms with E-state index in [-0.39, 0.29) is 0 Å². The molecule has 56 valence electrons. The van der Waals surface area contributed by atoms with Crippen molar-refractivity contribution in [2.24, 2.45) is 23.2 Å². The minimum absolute atomic E-state index is 0.833. The Hall–Kier alpha value is -0.780. The third kappa shape index (κ3) is 323. The molecule has 0 aliphatic carbocycles. The van der Waals surface area contributed by atoms with Crippen LogP contribution in [0.1, 0.15) is 0 Å². The first-order chi connectivity index (χ1) is 4.15. The molecule has 0 saturated heterocycles. The number of carbonyl (C=O) groups is 1. The normalized spacial score (nSPS) is 4.78. The van der Waals surface area contributed by atoms with Crippen LogP contribution in [0.25, 0.3) is 0 Å². The fourth-order valence-electron chi connectivity index (χ4n) is 0. The van der Waals surface area contributed by atoms with Crippen molar-refractivity contribution in [1.82, 2.24) is 0 Å². The summed E-state index contributed by atoms with van der Waals surface area (Å²) in [4.78, 5) is 9.00. The highest BCUT2D eigenvalue weighted by Crippen LogP contribution is 1.60. The molecule has 0 aliphatic rings. The van der Waals surface area contributed by atoms with Crippen LogP contribution >= 0.6 is 11.6 Å². The van der Waals surface area contributed by atoms with E-state index in [1.54, 1.807) is 0 Å². The molecule has 0 unspecified atom stereocenters. The Morgan fingerprint density at radius 2 is 1.44 bits per heavy atom. The Morgan fingerprint density at radius 3 is 1.44 bits per heavy atom. The first kappa shape index (κ1) is 15.7. The van der Waals surface area contributed by atoms with Crippen LogP contribution in [-0.4, -0.2) is 6.03 Å². The molecule has 9 heavy (non-hydrogen) atoms. The number of amides is 2. The van der Waals surface area contributed by atoms with Gasteiger partial charge in [0.15, 0.2) is 0 Å². The van der Waals surface area contributed by atoms with Crippen molar-refractivity contribution in [3.8, 4) is 0 Å². The number of nitrogens with two attached hydrogens (primary N) is 4. The quantitative estimate of drug-likeness (QED) is 0.270. The van der Waals surface area contributed by atoms with Crippen LogP contribution in [0.15, 0.2) is 12.1 Å². The summed E-state index contributed by atoms with van der Waals surface area (Å²) < 4.78 is 0. The number of halogens is 1. The predicted molar refractivity (Wildman–Crippen MR) is 38.2 cm³/mol. The average molecular weight is 155 g/mol. The molecule has 0 saturated carbocycles. The second kappa shape index (κ2) is 26.9. The van der Waals surface area contributed by atoms with Crippen molar-refractivity contribution < 1.29 is 4.79 Å². The van der Waals surface area contributed by atoms with Crippen LogP contribution in [0.3, 0.4) is 0 Å². The van der Waals surface area contributed by atoms with Gasteiger partial charge in [0.1, 0.15) is 0 Å². The highest BCUT2D eigenvalue weighted by molar-refractivity contribution is 6.25. The second-order valence-corrected chi connectivity index (χ2v) is 0.865. The van der Waals surface area contributed by atoms with E-state index < -0.39 is 6.03 Å². The molecule has 2 amide bonds. The molecule has 0 fully saturated rings. The monoisotopic (exact) mass is 154 g/mol. The summed E-state index contributed by atoms with van der Waals surface area (Å²) in [5.74, 6) is 8.00. The van der Waals surface area contributed by atoms with E-state index in [9.17, 15) is 0 Å². The summed E-state index contributed by atoms with van der Waals surface area (Å²) >= 11 is 4.76. The molecule has 0 aromatic heterocycles. The van der Waals surface area contributed by atoms with Gasteiger partial charge in [-0.25, -0.2) is 4.79 Å². The zero-order chi connectivity index (χ0) is 8.28. The third-order valence-corrected chi connectivity index (χ3v) is 0. The SMILES string of the molecule is C=CCl.NC(N)=O.NN. The van der Waals surface area contributed by atoms with Crippen molar-refractivity contribution in [2.75, 3.05) is 0 Å². The standard InChI is InChI=1S/C2H3Cl.CH4N2O.H4N2/c1-2-3;2-1(3)4;1-2/h2H,1H2;(H4,2,3,4);1-2H2. The van der Waals surface area contributed by atoms with Crippen LogP contribution < -0.4 is 23.2 Å². The highest BCUT2D eigenvalue weighted by Gasteiger charge is 1.60. The van der Waals surface area contributed by atoms with E-state index in [0.717, 1.165) is 0 Å². The lowest BCUT2D eigenvalue weighted by molar-refractivity contribution is 0.256. The predicted octanol–water partition coefficient (Wildman–Crippen LogP) is -0.789. The molecule has 0 spiro atoms. The minimum atomic E-state index is -0.833. The summed E-state index contributed by atoms with van der Waals surface area (Å²) in [6.45, 7) is 3.13. The van der Waals surface area contributed by atoms with Crippen LogP contribution in [0.4, 0.5) is 4.79 Å². The second-order valence-electron chi connectivity index (χ2n) is 0.557. The van der Waals surface area contributed by atoms with Gasteiger partial charge in [-0.1, -0.05) is 18.2 Å². The fourth-order valence-corrected chi connectivity index (χ4v) is 0. The van der Waals surface area contributed by atoms with Gasteiger partial charge in [-0.3, -0.25) is 11.7 Å². The Labute approximate surface area is 58.6 Å². The first-order valence-electron chi connectivity index (χ1n) is 1.74. The smallest absolute Gasteiger partial charge is 0.309 e. The summed E-state index contributed by atoms with van der Waals surface area (Å²) in [7, 11) is 0. The molecule has 0 aromatic carbocycles.